The molecule has 0 bridgehead atoms. The first-order valence-electron chi connectivity index (χ1n) is 6.62. The molecule has 4 heteroatoms. The summed E-state index contributed by atoms with van der Waals surface area (Å²) in [5.41, 5.74) is 1.21. The third kappa shape index (κ3) is 4.91. The van der Waals surface area contributed by atoms with E-state index in [4.69, 9.17) is 20.8 Å². The third-order valence-electron chi connectivity index (χ3n) is 2.73. The lowest BCUT2D eigenvalue weighted by molar-refractivity contribution is 0.270. The van der Waals surface area contributed by atoms with Gasteiger partial charge in [-0.05, 0) is 51.1 Å². The van der Waals surface area contributed by atoms with E-state index in [1.807, 2.05) is 18.2 Å². The fraction of sp³-hybridized carbons (Fsp3) is 0.375. The van der Waals surface area contributed by atoms with Crippen molar-refractivity contribution in [3.63, 3.8) is 0 Å². The Bertz CT molecular complexity index is 540. The maximum atomic E-state index is 5.82. The average Bonchev–Trinajstić information content (AvgIpc) is 2.83. The van der Waals surface area contributed by atoms with Crippen LogP contribution in [0.25, 0.3) is 0 Å². The molecule has 0 radical (unpaired) electrons. The predicted molar refractivity (Wildman–Crippen MR) is 81.1 cm³/mol. The Hall–Kier alpha value is -1.45. The van der Waals surface area contributed by atoms with E-state index < -0.39 is 0 Å². The van der Waals surface area contributed by atoms with Crippen molar-refractivity contribution in [3.8, 4) is 5.75 Å². The number of hydrogen-bond acceptors (Lipinski definition) is 3. The van der Waals surface area contributed by atoms with Crippen LogP contribution in [0.4, 0.5) is 0 Å². The molecule has 0 amide bonds. The van der Waals surface area contributed by atoms with Gasteiger partial charge in [-0.2, -0.15) is 0 Å². The van der Waals surface area contributed by atoms with Crippen molar-refractivity contribution in [3.05, 3.63) is 52.9 Å². The molecule has 2 rings (SSSR count). The summed E-state index contributed by atoms with van der Waals surface area (Å²) in [6.45, 7) is 7.61. The molecule has 108 valence electrons. The largest absolute Gasteiger partial charge is 0.486 e. The summed E-state index contributed by atoms with van der Waals surface area (Å²) in [6, 6.07) is 9.30. The third-order valence-corrected chi connectivity index (χ3v) is 2.98. The lowest BCUT2D eigenvalue weighted by Gasteiger charge is -2.19. The second-order valence-electron chi connectivity index (χ2n) is 5.77. The number of ether oxygens (including phenoxy) is 1. The fourth-order valence-electron chi connectivity index (χ4n) is 1.65. The highest BCUT2D eigenvalue weighted by atomic mass is 35.5. The molecule has 1 aromatic heterocycles. The molecule has 0 unspecified atom stereocenters. The standard InChI is InChI=1S/C16H20ClNO2/c1-16(2,3)18-9-12-8-15(19-10-12)11-20-14-6-4-13(17)5-7-14/h4-8,10,18H,9,11H2,1-3H3. The van der Waals surface area contributed by atoms with Crippen molar-refractivity contribution in [2.45, 2.75) is 39.5 Å². The summed E-state index contributed by atoms with van der Waals surface area (Å²) in [5, 5.41) is 4.12. The van der Waals surface area contributed by atoms with Crippen LogP contribution in [0, 0.1) is 0 Å². The molecule has 1 aromatic carbocycles. The molecule has 0 aliphatic heterocycles. The zero-order valence-corrected chi connectivity index (χ0v) is 12.8. The molecular formula is C16H20ClNO2. The number of benzene rings is 1. The molecule has 0 fully saturated rings. The summed E-state index contributed by atoms with van der Waals surface area (Å²) < 4.78 is 11.1. The Balaban J connectivity index is 1.85. The molecule has 1 heterocycles. The van der Waals surface area contributed by atoms with Gasteiger partial charge in [0.25, 0.3) is 0 Å². The van der Waals surface area contributed by atoms with Crippen molar-refractivity contribution in [2.75, 3.05) is 0 Å². The molecular weight excluding hydrogens is 274 g/mol. The maximum absolute atomic E-state index is 5.82. The van der Waals surface area contributed by atoms with Gasteiger partial charge in [-0.25, -0.2) is 0 Å². The van der Waals surface area contributed by atoms with Gasteiger partial charge >= 0.3 is 0 Å². The highest BCUT2D eigenvalue weighted by Gasteiger charge is 2.10. The number of hydrogen-bond donors (Lipinski definition) is 1. The topological polar surface area (TPSA) is 34.4 Å². The Morgan fingerprint density at radius 1 is 1.20 bits per heavy atom. The molecule has 3 nitrogen and oxygen atoms in total. The van der Waals surface area contributed by atoms with Crippen LogP contribution in [0.3, 0.4) is 0 Å². The zero-order chi connectivity index (χ0) is 14.6. The Kier molecular flexibility index (Phi) is 4.73. The van der Waals surface area contributed by atoms with Crippen molar-refractivity contribution < 1.29 is 9.15 Å². The number of nitrogens with one attached hydrogen (secondary N) is 1. The molecule has 20 heavy (non-hydrogen) atoms. The summed E-state index contributed by atoms with van der Waals surface area (Å²) in [7, 11) is 0. The summed E-state index contributed by atoms with van der Waals surface area (Å²) >= 11 is 5.82. The van der Waals surface area contributed by atoms with Gasteiger partial charge in [-0.3, -0.25) is 0 Å². The van der Waals surface area contributed by atoms with E-state index in [-0.39, 0.29) is 5.54 Å². The van der Waals surface area contributed by atoms with Gasteiger partial charge in [0.05, 0.1) is 6.26 Å². The van der Waals surface area contributed by atoms with Crippen LogP contribution in [0.5, 0.6) is 5.75 Å². The average molecular weight is 294 g/mol. The van der Waals surface area contributed by atoms with Gasteiger partial charge in [-0.1, -0.05) is 11.6 Å². The summed E-state index contributed by atoms with van der Waals surface area (Å²) in [5.74, 6) is 1.59. The maximum Gasteiger partial charge on any atom is 0.146 e. The summed E-state index contributed by atoms with van der Waals surface area (Å²) in [6.07, 6.45) is 1.76. The lowest BCUT2D eigenvalue weighted by atomic mass is 10.1. The molecule has 0 saturated carbocycles. The normalized spacial score (nSPS) is 11.6. The van der Waals surface area contributed by atoms with E-state index in [9.17, 15) is 0 Å². The van der Waals surface area contributed by atoms with E-state index in [1.54, 1.807) is 18.4 Å². The molecule has 0 spiro atoms. The van der Waals surface area contributed by atoms with Crippen LogP contribution in [-0.4, -0.2) is 5.54 Å². The lowest BCUT2D eigenvalue weighted by Crippen LogP contribution is -2.34. The van der Waals surface area contributed by atoms with Crippen LogP contribution >= 0.6 is 11.6 Å². The van der Waals surface area contributed by atoms with Crippen LogP contribution < -0.4 is 10.1 Å². The minimum Gasteiger partial charge on any atom is -0.486 e. The minimum absolute atomic E-state index is 0.0945. The van der Waals surface area contributed by atoms with Crippen molar-refractivity contribution >= 4 is 11.6 Å². The van der Waals surface area contributed by atoms with Crippen LogP contribution in [-0.2, 0) is 13.2 Å². The van der Waals surface area contributed by atoms with E-state index in [1.165, 1.54) is 0 Å². The van der Waals surface area contributed by atoms with Gasteiger partial charge in [0.2, 0.25) is 0 Å². The highest BCUT2D eigenvalue weighted by Crippen LogP contribution is 2.18. The Morgan fingerprint density at radius 2 is 1.90 bits per heavy atom. The van der Waals surface area contributed by atoms with Crippen molar-refractivity contribution in [1.29, 1.82) is 0 Å². The van der Waals surface area contributed by atoms with E-state index in [0.717, 1.165) is 23.6 Å². The van der Waals surface area contributed by atoms with Crippen molar-refractivity contribution in [1.82, 2.24) is 5.32 Å². The SMILES string of the molecule is CC(C)(C)NCc1coc(COc2ccc(Cl)cc2)c1. The van der Waals surface area contributed by atoms with Crippen LogP contribution in [0.15, 0.2) is 41.0 Å². The van der Waals surface area contributed by atoms with Gasteiger partial charge < -0.3 is 14.5 Å². The van der Waals surface area contributed by atoms with Crippen molar-refractivity contribution in [2.24, 2.45) is 0 Å². The molecule has 0 atom stereocenters. The molecule has 0 aliphatic rings. The van der Waals surface area contributed by atoms with Gasteiger partial charge in [0, 0.05) is 22.7 Å². The predicted octanol–water partition coefficient (Wildman–Crippen LogP) is 4.40. The zero-order valence-electron chi connectivity index (χ0n) is 12.1. The molecule has 0 saturated heterocycles. The smallest absolute Gasteiger partial charge is 0.146 e. The molecule has 2 aromatic rings. The second kappa shape index (κ2) is 6.33. The Morgan fingerprint density at radius 3 is 2.55 bits per heavy atom. The van der Waals surface area contributed by atoms with Gasteiger partial charge in [-0.15, -0.1) is 0 Å². The summed E-state index contributed by atoms with van der Waals surface area (Å²) in [4.78, 5) is 0. The molecule has 0 aliphatic carbocycles. The number of rotatable bonds is 5. The Labute approximate surface area is 124 Å². The van der Waals surface area contributed by atoms with Gasteiger partial charge in [0.15, 0.2) is 0 Å². The van der Waals surface area contributed by atoms with E-state index in [0.29, 0.717) is 11.6 Å². The number of halogens is 1. The van der Waals surface area contributed by atoms with Crippen LogP contribution in [0.2, 0.25) is 5.02 Å². The molecule has 1 N–H and O–H groups in total. The minimum atomic E-state index is 0.0945. The fourth-order valence-corrected chi connectivity index (χ4v) is 1.77. The van der Waals surface area contributed by atoms with E-state index in [2.05, 4.69) is 26.1 Å². The van der Waals surface area contributed by atoms with E-state index >= 15 is 0 Å². The quantitative estimate of drug-likeness (QED) is 0.887. The first-order valence-corrected chi connectivity index (χ1v) is 7.00. The first kappa shape index (κ1) is 14.9. The van der Waals surface area contributed by atoms with Gasteiger partial charge in [0.1, 0.15) is 18.1 Å². The number of furan rings is 1. The second-order valence-corrected chi connectivity index (χ2v) is 6.20. The highest BCUT2D eigenvalue weighted by molar-refractivity contribution is 6.30. The van der Waals surface area contributed by atoms with Crippen LogP contribution in [0.1, 0.15) is 32.1 Å². The monoisotopic (exact) mass is 293 g/mol. The first-order chi connectivity index (χ1) is 9.42.